The molecule has 3 N–H and O–H groups in total. The molecule has 8 heteroatoms. The topological polar surface area (TPSA) is 81.1 Å². The van der Waals surface area contributed by atoms with Gasteiger partial charge in [0.05, 0.1) is 38.0 Å². The van der Waals surface area contributed by atoms with Gasteiger partial charge in [-0.3, -0.25) is 9.59 Å². The maximum Gasteiger partial charge on any atom is 0.279 e. The van der Waals surface area contributed by atoms with E-state index >= 15 is 0 Å². The van der Waals surface area contributed by atoms with Crippen molar-refractivity contribution in [2.24, 2.45) is 0 Å². The zero-order valence-electron chi connectivity index (χ0n) is 17.0. The molecule has 2 aromatic carbocycles. The summed E-state index contributed by atoms with van der Waals surface area (Å²) in [4.78, 5) is 25.4. The van der Waals surface area contributed by atoms with Crippen LogP contribution in [0.4, 0.5) is 5.69 Å². The van der Waals surface area contributed by atoms with E-state index in [1.54, 1.807) is 57.7 Å². The number of amides is 2. The highest BCUT2D eigenvalue weighted by Crippen LogP contribution is 2.29. The summed E-state index contributed by atoms with van der Waals surface area (Å²) >= 11 is 6.05. The van der Waals surface area contributed by atoms with E-state index in [9.17, 15) is 9.59 Å². The molecule has 2 rings (SSSR count). The summed E-state index contributed by atoms with van der Waals surface area (Å²) in [5.41, 5.74) is 1.37. The summed E-state index contributed by atoms with van der Waals surface area (Å²) in [5.74, 6) is 0.954. The Morgan fingerprint density at radius 1 is 1.07 bits per heavy atom. The quantitative estimate of drug-likeness (QED) is 0.576. The summed E-state index contributed by atoms with van der Waals surface area (Å²) in [5, 5.41) is 6.16. The summed E-state index contributed by atoms with van der Waals surface area (Å²) in [6.07, 6.45) is 0. The van der Waals surface area contributed by atoms with Gasteiger partial charge in [-0.25, -0.2) is 0 Å². The number of para-hydroxylation sites is 1. The molecular formula is C21H27ClN3O4+. The molecule has 0 fully saturated rings. The number of nitrogens with one attached hydrogen (secondary N) is 3. The van der Waals surface area contributed by atoms with E-state index in [4.69, 9.17) is 21.1 Å². The van der Waals surface area contributed by atoms with Gasteiger partial charge in [-0.05, 0) is 37.3 Å². The third-order valence-corrected chi connectivity index (χ3v) is 4.68. The Labute approximate surface area is 175 Å². The maximum absolute atomic E-state index is 12.4. The second-order valence-corrected chi connectivity index (χ2v) is 7.14. The first-order valence-electron chi connectivity index (χ1n) is 9.21. The van der Waals surface area contributed by atoms with E-state index < -0.39 is 0 Å². The first-order valence-corrected chi connectivity index (χ1v) is 9.58. The molecular weight excluding hydrogens is 394 g/mol. The van der Waals surface area contributed by atoms with Crippen LogP contribution in [-0.4, -0.2) is 46.2 Å². The van der Waals surface area contributed by atoms with Crippen LogP contribution in [0.15, 0.2) is 42.5 Å². The SMILES string of the molecule is COc1ccc(OC)c([C@@H](C)NC(=O)C[NH+](C)CC(=O)Nc2ccccc2Cl)c1. The van der Waals surface area contributed by atoms with Crippen molar-refractivity contribution in [2.75, 3.05) is 39.7 Å². The number of halogens is 1. The maximum atomic E-state index is 12.4. The van der Waals surface area contributed by atoms with Crippen LogP contribution in [0, 0.1) is 0 Å². The van der Waals surface area contributed by atoms with Crippen molar-refractivity contribution >= 4 is 29.1 Å². The number of rotatable bonds is 9. The van der Waals surface area contributed by atoms with Crippen LogP contribution in [0.1, 0.15) is 18.5 Å². The fourth-order valence-corrected chi connectivity index (χ4v) is 3.10. The summed E-state index contributed by atoms with van der Waals surface area (Å²) in [7, 11) is 4.94. The number of quaternary nitrogens is 1. The van der Waals surface area contributed by atoms with Crippen LogP contribution >= 0.6 is 11.6 Å². The Kier molecular flexibility index (Phi) is 8.30. The van der Waals surface area contributed by atoms with Crippen molar-refractivity contribution < 1.29 is 24.0 Å². The largest absolute Gasteiger partial charge is 0.497 e. The average molecular weight is 421 g/mol. The van der Waals surface area contributed by atoms with Gasteiger partial charge in [0.15, 0.2) is 13.1 Å². The van der Waals surface area contributed by atoms with Gasteiger partial charge in [-0.1, -0.05) is 23.7 Å². The van der Waals surface area contributed by atoms with Gasteiger partial charge in [0.25, 0.3) is 11.8 Å². The lowest BCUT2D eigenvalue weighted by Gasteiger charge is -2.19. The Hall–Kier alpha value is -2.77. The highest BCUT2D eigenvalue weighted by molar-refractivity contribution is 6.33. The zero-order valence-corrected chi connectivity index (χ0v) is 17.8. The van der Waals surface area contributed by atoms with Crippen LogP contribution in [-0.2, 0) is 9.59 Å². The number of carbonyl (C=O) groups excluding carboxylic acids is 2. The lowest BCUT2D eigenvalue weighted by Crippen LogP contribution is -3.11. The van der Waals surface area contributed by atoms with Gasteiger partial charge >= 0.3 is 0 Å². The molecule has 2 atom stereocenters. The Bertz CT molecular complexity index is 860. The lowest BCUT2D eigenvalue weighted by atomic mass is 10.1. The molecule has 0 aliphatic rings. The minimum atomic E-state index is -0.280. The van der Waals surface area contributed by atoms with Gasteiger partial charge in [-0.2, -0.15) is 0 Å². The number of ether oxygens (including phenoxy) is 2. The van der Waals surface area contributed by atoms with Gasteiger partial charge in [0.2, 0.25) is 0 Å². The molecule has 29 heavy (non-hydrogen) atoms. The van der Waals surface area contributed by atoms with Crippen molar-refractivity contribution in [2.45, 2.75) is 13.0 Å². The van der Waals surface area contributed by atoms with Crippen LogP contribution in [0.3, 0.4) is 0 Å². The second kappa shape index (κ2) is 10.7. The molecule has 2 amide bonds. The minimum Gasteiger partial charge on any atom is -0.497 e. The molecule has 156 valence electrons. The number of methoxy groups -OCH3 is 2. The van der Waals surface area contributed by atoms with Crippen molar-refractivity contribution in [1.82, 2.24) is 5.32 Å². The molecule has 0 saturated heterocycles. The number of hydrogen-bond acceptors (Lipinski definition) is 4. The fourth-order valence-electron chi connectivity index (χ4n) is 2.92. The van der Waals surface area contributed by atoms with E-state index in [0.29, 0.717) is 22.2 Å². The van der Waals surface area contributed by atoms with Gasteiger partial charge in [0.1, 0.15) is 11.5 Å². The van der Waals surface area contributed by atoms with E-state index in [2.05, 4.69) is 10.6 Å². The zero-order chi connectivity index (χ0) is 21.4. The van der Waals surface area contributed by atoms with Crippen LogP contribution in [0.25, 0.3) is 0 Å². The summed E-state index contributed by atoms with van der Waals surface area (Å²) < 4.78 is 10.6. The van der Waals surface area contributed by atoms with Gasteiger partial charge in [0, 0.05) is 5.56 Å². The van der Waals surface area contributed by atoms with E-state index in [1.165, 1.54) is 0 Å². The third kappa shape index (κ3) is 6.66. The Balaban J connectivity index is 1.89. The Morgan fingerprint density at radius 2 is 1.76 bits per heavy atom. The first-order chi connectivity index (χ1) is 13.8. The molecule has 0 saturated carbocycles. The standard InChI is InChI=1S/C21H26ClN3O4/c1-14(16-11-15(28-3)9-10-19(16)29-4)23-20(26)12-25(2)13-21(27)24-18-8-6-5-7-17(18)22/h5-11,14H,12-13H2,1-4H3,(H,23,26)(H,24,27)/p+1/t14-/m1/s1. The first kappa shape index (κ1) is 22.5. The number of carbonyl (C=O) groups is 2. The van der Waals surface area contributed by atoms with Crippen molar-refractivity contribution in [3.05, 3.63) is 53.1 Å². The summed E-state index contributed by atoms with van der Waals surface area (Å²) in [6, 6.07) is 12.2. The smallest absolute Gasteiger partial charge is 0.279 e. The number of anilines is 1. The average Bonchev–Trinajstić information content (AvgIpc) is 2.68. The molecule has 0 bridgehead atoms. The second-order valence-electron chi connectivity index (χ2n) is 6.74. The highest BCUT2D eigenvalue weighted by atomic mass is 35.5. The predicted octanol–water partition coefficient (Wildman–Crippen LogP) is 1.69. The van der Waals surface area contributed by atoms with Gasteiger partial charge in [-0.15, -0.1) is 0 Å². The highest BCUT2D eigenvalue weighted by Gasteiger charge is 2.19. The molecule has 0 aliphatic carbocycles. The third-order valence-electron chi connectivity index (χ3n) is 4.35. The lowest BCUT2D eigenvalue weighted by molar-refractivity contribution is -0.862. The molecule has 0 spiro atoms. The molecule has 0 heterocycles. The van der Waals surface area contributed by atoms with Crippen molar-refractivity contribution in [3.63, 3.8) is 0 Å². The van der Waals surface area contributed by atoms with Crippen LogP contribution in [0.5, 0.6) is 11.5 Å². The molecule has 1 unspecified atom stereocenters. The van der Waals surface area contributed by atoms with E-state index in [-0.39, 0.29) is 30.9 Å². The molecule has 2 aromatic rings. The number of benzene rings is 2. The number of hydrogen-bond donors (Lipinski definition) is 3. The van der Waals surface area contributed by atoms with Crippen LogP contribution in [0.2, 0.25) is 5.02 Å². The van der Waals surface area contributed by atoms with Crippen molar-refractivity contribution in [1.29, 1.82) is 0 Å². The summed E-state index contributed by atoms with van der Waals surface area (Å²) in [6.45, 7) is 2.15. The molecule has 0 aromatic heterocycles. The van der Waals surface area contributed by atoms with Crippen molar-refractivity contribution in [3.8, 4) is 11.5 Å². The van der Waals surface area contributed by atoms with E-state index in [0.717, 1.165) is 10.5 Å². The minimum absolute atomic E-state index is 0.134. The normalized spacial score (nSPS) is 12.6. The molecule has 7 nitrogen and oxygen atoms in total. The molecule has 0 radical (unpaired) electrons. The predicted molar refractivity (Wildman–Crippen MR) is 113 cm³/mol. The fraction of sp³-hybridized carbons (Fsp3) is 0.333. The van der Waals surface area contributed by atoms with Gasteiger partial charge < -0.3 is 25.0 Å². The monoisotopic (exact) mass is 420 g/mol. The number of likely N-dealkylation sites (N-methyl/N-ethyl adjacent to an activating group) is 1. The van der Waals surface area contributed by atoms with Crippen LogP contribution < -0.4 is 25.0 Å². The Morgan fingerprint density at radius 3 is 2.41 bits per heavy atom. The van der Waals surface area contributed by atoms with E-state index in [1.807, 2.05) is 13.0 Å². The molecule has 0 aliphatic heterocycles.